The molecule has 0 fully saturated rings. The largest absolute Gasteiger partial charge is 0.492 e. The van der Waals surface area contributed by atoms with Crippen LogP contribution in [-0.2, 0) is 11.4 Å². The zero-order valence-corrected chi connectivity index (χ0v) is 17.6. The molecule has 3 aromatic rings. The van der Waals surface area contributed by atoms with Crippen LogP contribution < -0.4 is 14.8 Å². The van der Waals surface area contributed by atoms with E-state index in [2.05, 4.69) is 5.32 Å². The summed E-state index contributed by atoms with van der Waals surface area (Å²) in [4.78, 5) is 12.6. The summed E-state index contributed by atoms with van der Waals surface area (Å²) in [6.45, 7) is 4.87. The summed E-state index contributed by atoms with van der Waals surface area (Å²) in [5, 5.41) is 12.2. The zero-order valence-electron chi connectivity index (χ0n) is 17.6. The summed E-state index contributed by atoms with van der Waals surface area (Å²) in [7, 11) is 0. The average Bonchev–Trinajstić information content (AvgIpc) is 2.79. The number of hydrogen-bond acceptors (Lipinski definition) is 4. The molecule has 0 radical (unpaired) electrons. The van der Waals surface area contributed by atoms with Gasteiger partial charge in [-0.15, -0.1) is 0 Å². The standard InChI is InChI=1S/C26H24N2O3/c1-3-30-25-7-5-4-6-24(25)28-26(29)22(17-27)16-20-12-14-23(15-13-20)31-18-21-10-8-19(2)9-11-21/h4-16H,3,18H2,1-2H3,(H,28,29)/b22-16+. The molecule has 1 amide bonds. The number of anilines is 1. The van der Waals surface area contributed by atoms with Crippen LogP contribution in [0.15, 0.2) is 78.4 Å². The number of nitrogens with zero attached hydrogens (tertiary/aromatic N) is 1. The van der Waals surface area contributed by atoms with Crippen molar-refractivity contribution in [3.05, 3.63) is 95.1 Å². The second-order valence-electron chi connectivity index (χ2n) is 6.90. The van der Waals surface area contributed by atoms with E-state index in [0.29, 0.717) is 30.4 Å². The first-order valence-electron chi connectivity index (χ1n) is 10.0. The van der Waals surface area contributed by atoms with Crippen molar-refractivity contribution in [2.24, 2.45) is 0 Å². The van der Waals surface area contributed by atoms with Gasteiger partial charge < -0.3 is 14.8 Å². The number of aryl methyl sites for hydroxylation is 1. The molecule has 0 unspecified atom stereocenters. The van der Waals surface area contributed by atoms with Gasteiger partial charge in [0.05, 0.1) is 12.3 Å². The lowest BCUT2D eigenvalue weighted by Crippen LogP contribution is -2.14. The molecule has 0 aliphatic rings. The molecule has 0 aliphatic carbocycles. The molecule has 0 atom stereocenters. The van der Waals surface area contributed by atoms with Gasteiger partial charge in [0.2, 0.25) is 0 Å². The van der Waals surface area contributed by atoms with Gasteiger partial charge in [0, 0.05) is 0 Å². The van der Waals surface area contributed by atoms with Crippen molar-refractivity contribution in [1.29, 1.82) is 5.26 Å². The average molecular weight is 412 g/mol. The van der Waals surface area contributed by atoms with Crippen LogP contribution in [0.2, 0.25) is 0 Å². The van der Waals surface area contributed by atoms with Crippen LogP contribution in [0.25, 0.3) is 6.08 Å². The van der Waals surface area contributed by atoms with Crippen LogP contribution in [-0.4, -0.2) is 12.5 Å². The maximum atomic E-state index is 12.6. The lowest BCUT2D eigenvalue weighted by Gasteiger charge is -2.11. The summed E-state index contributed by atoms with van der Waals surface area (Å²) in [6.07, 6.45) is 1.54. The van der Waals surface area contributed by atoms with E-state index in [4.69, 9.17) is 9.47 Å². The molecule has 0 heterocycles. The molecule has 0 saturated heterocycles. The van der Waals surface area contributed by atoms with Crippen molar-refractivity contribution in [1.82, 2.24) is 0 Å². The highest BCUT2D eigenvalue weighted by molar-refractivity contribution is 6.10. The predicted molar refractivity (Wildman–Crippen MR) is 122 cm³/mol. The third-order valence-electron chi connectivity index (χ3n) is 4.52. The lowest BCUT2D eigenvalue weighted by atomic mass is 10.1. The summed E-state index contributed by atoms with van der Waals surface area (Å²) in [5.74, 6) is 0.784. The van der Waals surface area contributed by atoms with Gasteiger partial charge >= 0.3 is 0 Å². The predicted octanol–water partition coefficient (Wildman–Crippen LogP) is 5.52. The highest BCUT2D eigenvalue weighted by Gasteiger charge is 2.12. The number of hydrogen-bond donors (Lipinski definition) is 1. The minimum absolute atomic E-state index is 0.000347. The number of benzene rings is 3. The Balaban J connectivity index is 1.65. The molecule has 3 rings (SSSR count). The quantitative estimate of drug-likeness (QED) is 0.391. The molecule has 31 heavy (non-hydrogen) atoms. The fourth-order valence-electron chi connectivity index (χ4n) is 2.87. The zero-order chi connectivity index (χ0) is 22.1. The van der Waals surface area contributed by atoms with Crippen molar-refractivity contribution < 1.29 is 14.3 Å². The fraction of sp³-hybridized carbons (Fsp3) is 0.154. The van der Waals surface area contributed by atoms with E-state index in [1.807, 2.05) is 74.5 Å². The normalized spacial score (nSPS) is 10.8. The summed E-state index contributed by atoms with van der Waals surface area (Å²) in [5.41, 5.74) is 3.55. The first kappa shape index (κ1) is 21.7. The van der Waals surface area contributed by atoms with E-state index in [1.54, 1.807) is 24.3 Å². The van der Waals surface area contributed by atoms with Gasteiger partial charge in [0.15, 0.2) is 0 Å². The number of carbonyl (C=O) groups excluding carboxylic acids is 1. The molecule has 5 heteroatoms. The summed E-state index contributed by atoms with van der Waals surface area (Å²) < 4.78 is 11.3. The third-order valence-corrected chi connectivity index (χ3v) is 4.52. The van der Waals surface area contributed by atoms with Gasteiger partial charge in [0.1, 0.15) is 29.7 Å². The van der Waals surface area contributed by atoms with E-state index in [-0.39, 0.29) is 5.57 Å². The van der Waals surface area contributed by atoms with E-state index in [0.717, 1.165) is 11.1 Å². The Kier molecular flexibility index (Phi) is 7.45. The van der Waals surface area contributed by atoms with Crippen LogP contribution in [0.5, 0.6) is 11.5 Å². The monoisotopic (exact) mass is 412 g/mol. The van der Waals surface area contributed by atoms with Crippen LogP contribution in [0.3, 0.4) is 0 Å². The van der Waals surface area contributed by atoms with Gasteiger partial charge in [-0.25, -0.2) is 0 Å². The lowest BCUT2D eigenvalue weighted by molar-refractivity contribution is -0.112. The van der Waals surface area contributed by atoms with E-state index in [1.165, 1.54) is 5.56 Å². The molecule has 0 saturated carbocycles. The molecule has 0 bridgehead atoms. The molecule has 156 valence electrons. The Morgan fingerprint density at radius 2 is 1.71 bits per heavy atom. The molecule has 0 aliphatic heterocycles. The van der Waals surface area contributed by atoms with E-state index in [9.17, 15) is 10.1 Å². The van der Waals surface area contributed by atoms with Crippen LogP contribution in [0.4, 0.5) is 5.69 Å². The molecule has 5 nitrogen and oxygen atoms in total. The van der Waals surface area contributed by atoms with Gasteiger partial charge in [-0.1, -0.05) is 54.1 Å². The maximum Gasteiger partial charge on any atom is 0.266 e. The summed E-state index contributed by atoms with van der Waals surface area (Å²) >= 11 is 0. The smallest absolute Gasteiger partial charge is 0.266 e. The minimum atomic E-state index is -0.491. The van der Waals surface area contributed by atoms with Crippen molar-refractivity contribution in [2.75, 3.05) is 11.9 Å². The first-order chi connectivity index (χ1) is 15.1. The number of nitriles is 1. The maximum absolute atomic E-state index is 12.6. The van der Waals surface area contributed by atoms with Crippen molar-refractivity contribution in [3.8, 4) is 17.6 Å². The topological polar surface area (TPSA) is 71.3 Å². The second kappa shape index (κ2) is 10.7. The number of rotatable bonds is 8. The Hall–Kier alpha value is -4.04. The van der Waals surface area contributed by atoms with Crippen LogP contribution >= 0.6 is 0 Å². The van der Waals surface area contributed by atoms with E-state index >= 15 is 0 Å². The highest BCUT2D eigenvalue weighted by atomic mass is 16.5. The SMILES string of the molecule is CCOc1ccccc1NC(=O)/C(C#N)=C/c1ccc(OCc2ccc(C)cc2)cc1. The Labute approximate surface area is 182 Å². The number of amides is 1. The number of nitrogens with one attached hydrogen (secondary N) is 1. The van der Waals surface area contributed by atoms with Crippen LogP contribution in [0, 0.1) is 18.3 Å². The fourth-order valence-corrected chi connectivity index (χ4v) is 2.87. The number of carbonyl (C=O) groups is 1. The first-order valence-corrected chi connectivity index (χ1v) is 10.0. The van der Waals surface area contributed by atoms with Crippen molar-refractivity contribution in [2.45, 2.75) is 20.5 Å². The molecular weight excluding hydrogens is 388 g/mol. The Morgan fingerprint density at radius 1 is 1.00 bits per heavy atom. The molecule has 0 aromatic heterocycles. The van der Waals surface area contributed by atoms with Gasteiger partial charge in [-0.05, 0) is 55.3 Å². The number of ether oxygens (including phenoxy) is 2. The molecule has 1 N–H and O–H groups in total. The van der Waals surface area contributed by atoms with Gasteiger partial charge in [-0.2, -0.15) is 5.26 Å². The Morgan fingerprint density at radius 3 is 2.39 bits per heavy atom. The third kappa shape index (κ3) is 6.22. The molecule has 3 aromatic carbocycles. The van der Waals surface area contributed by atoms with Crippen molar-refractivity contribution >= 4 is 17.7 Å². The van der Waals surface area contributed by atoms with Crippen LogP contribution in [0.1, 0.15) is 23.6 Å². The Bertz CT molecular complexity index is 1090. The summed E-state index contributed by atoms with van der Waals surface area (Å²) in [6, 6.07) is 24.5. The van der Waals surface area contributed by atoms with Gasteiger partial charge in [0.25, 0.3) is 5.91 Å². The minimum Gasteiger partial charge on any atom is -0.492 e. The number of para-hydroxylation sites is 2. The molecule has 0 spiro atoms. The molecular formula is C26H24N2O3. The highest BCUT2D eigenvalue weighted by Crippen LogP contribution is 2.24. The van der Waals surface area contributed by atoms with Crippen molar-refractivity contribution in [3.63, 3.8) is 0 Å². The van der Waals surface area contributed by atoms with Gasteiger partial charge in [-0.3, -0.25) is 4.79 Å². The van der Waals surface area contributed by atoms with E-state index < -0.39 is 5.91 Å². The second-order valence-corrected chi connectivity index (χ2v) is 6.90.